The number of nitrogens with zero attached hydrogens (tertiary/aromatic N) is 1. The van der Waals surface area contributed by atoms with Gasteiger partial charge in [0.2, 0.25) is 5.91 Å². The molecule has 180 valence electrons. The number of hydrogen-bond donors (Lipinski definition) is 1. The van der Waals surface area contributed by atoms with Crippen molar-refractivity contribution in [2.24, 2.45) is 0 Å². The van der Waals surface area contributed by atoms with Gasteiger partial charge in [0, 0.05) is 12.3 Å². The number of nitrogens with one attached hydrogen (secondary N) is 1. The number of hydrogen-bond acceptors (Lipinski definition) is 8. The Morgan fingerprint density at radius 2 is 1.88 bits per heavy atom. The lowest BCUT2D eigenvalue weighted by Gasteiger charge is -2.27. The van der Waals surface area contributed by atoms with Gasteiger partial charge in [-0.1, -0.05) is 6.07 Å². The van der Waals surface area contributed by atoms with Crippen LogP contribution in [0.2, 0.25) is 0 Å². The summed E-state index contributed by atoms with van der Waals surface area (Å²) in [6.45, 7) is 1.33. The van der Waals surface area contributed by atoms with Gasteiger partial charge in [-0.05, 0) is 43.4 Å². The SMILES string of the molecule is COC(=O)CC(c1ccc(OC)c(OC2CCCC2)c1)N1C(=O)c2csc(NC(C)=O)c2C1=O. The van der Waals surface area contributed by atoms with Crippen LogP contribution in [-0.4, -0.2) is 48.9 Å². The summed E-state index contributed by atoms with van der Waals surface area (Å²) in [5.41, 5.74) is 0.872. The van der Waals surface area contributed by atoms with Crippen molar-refractivity contribution in [3.8, 4) is 11.5 Å². The smallest absolute Gasteiger partial charge is 0.307 e. The van der Waals surface area contributed by atoms with Crippen molar-refractivity contribution in [2.45, 2.75) is 51.2 Å². The van der Waals surface area contributed by atoms with Gasteiger partial charge in [-0.3, -0.25) is 24.1 Å². The standard InChI is InChI=1S/C24H26N2O7S/c1-13(27)25-22-21-16(12-34-22)23(29)26(24(21)30)17(11-20(28)32-3)14-8-9-18(31-2)19(10-14)33-15-6-4-5-7-15/h8-10,12,15,17H,4-7,11H2,1-3H3,(H,25,27). The van der Waals surface area contributed by atoms with Crippen LogP contribution in [-0.2, 0) is 14.3 Å². The minimum Gasteiger partial charge on any atom is -0.493 e. The van der Waals surface area contributed by atoms with Gasteiger partial charge in [-0.25, -0.2) is 0 Å². The number of ether oxygens (including phenoxy) is 3. The molecule has 3 amide bonds. The van der Waals surface area contributed by atoms with Crippen LogP contribution in [0.15, 0.2) is 23.6 Å². The number of benzene rings is 1. The second kappa shape index (κ2) is 9.84. The van der Waals surface area contributed by atoms with E-state index in [1.165, 1.54) is 21.1 Å². The van der Waals surface area contributed by atoms with Gasteiger partial charge in [0.25, 0.3) is 11.8 Å². The van der Waals surface area contributed by atoms with Crippen LogP contribution < -0.4 is 14.8 Å². The lowest BCUT2D eigenvalue weighted by molar-refractivity contribution is -0.141. The minimum atomic E-state index is -0.924. The first-order chi connectivity index (χ1) is 16.3. The topological polar surface area (TPSA) is 111 Å². The van der Waals surface area contributed by atoms with E-state index in [2.05, 4.69) is 5.32 Å². The number of carbonyl (C=O) groups is 4. The van der Waals surface area contributed by atoms with Crippen LogP contribution >= 0.6 is 11.3 Å². The number of amides is 3. The molecule has 0 saturated heterocycles. The van der Waals surface area contributed by atoms with Gasteiger partial charge in [0.15, 0.2) is 11.5 Å². The molecule has 1 atom stereocenters. The second-order valence-electron chi connectivity index (χ2n) is 8.25. The number of methoxy groups -OCH3 is 2. The fourth-order valence-corrected chi connectivity index (χ4v) is 5.36. The molecule has 1 saturated carbocycles. The molecule has 1 aliphatic carbocycles. The van der Waals surface area contributed by atoms with Crippen LogP contribution in [0, 0.1) is 0 Å². The Morgan fingerprint density at radius 3 is 2.53 bits per heavy atom. The van der Waals surface area contributed by atoms with Crippen LogP contribution in [0.1, 0.15) is 71.3 Å². The Bertz CT molecular complexity index is 1140. The Labute approximate surface area is 201 Å². The zero-order valence-corrected chi connectivity index (χ0v) is 20.0. The molecule has 1 aromatic heterocycles. The van der Waals surface area contributed by atoms with Crippen molar-refractivity contribution in [1.29, 1.82) is 0 Å². The van der Waals surface area contributed by atoms with E-state index in [1.54, 1.807) is 23.6 Å². The molecule has 0 bridgehead atoms. The molecule has 0 spiro atoms. The highest BCUT2D eigenvalue weighted by atomic mass is 32.1. The lowest BCUT2D eigenvalue weighted by atomic mass is 10.0. The number of anilines is 1. The van der Waals surface area contributed by atoms with Crippen molar-refractivity contribution in [3.05, 3.63) is 40.3 Å². The van der Waals surface area contributed by atoms with Gasteiger partial charge in [0.1, 0.15) is 5.00 Å². The molecule has 9 nitrogen and oxygen atoms in total. The predicted molar refractivity (Wildman–Crippen MR) is 124 cm³/mol. The summed E-state index contributed by atoms with van der Waals surface area (Å²) in [5, 5.41) is 4.45. The Morgan fingerprint density at radius 1 is 1.15 bits per heavy atom. The predicted octanol–water partition coefficient (Wildman–Crippen LogP) is 3.94. The second-order valence-corrected chi connectivity index (χ2v) is 9.13. The number of thiophene rings is 1. The number of rotatable bonds is 8. The van der Waals surface area contributed by atoms with E-state index in [-0.39, 0.29) is 29.6 Å². The molecule has 2 aromatic rings. The highest BCUT2D eigenvalue weighted by Gasteiger charge is 2.44. The summed E-state index contributed by atoms with van der Waals surface area (Å²) < 4.78 is 16.5. The van der Waals surface area contributed by atoms with Crippen LogP contribution in [0.5, 0.6) is 11.5 Å². The molecular weight excluding hydrogens is 460 g/mol. The molecular formula is C24H26N2O7S. The van der Waals surface area contributed by atoms with E-state index in [0.717, 1.165) is 41.9 Å². The van der Waals surface area contributed by atoms with Gasteiger partial charge in [-0.15, -0.1) is 11.3 Å². The number of esters is 1. The van der Waals surface area contributed by atoms with E-state index in [4.69, 9.17) is 14.2 Å². The summed E-state index contributed by atoms with van der Waals surface area (Å²) in [4.78, 5) is 51.6. The van der Waals surface area contributed by atoms with E-state index in [0.29, 0.717) is 22.1 Å². The Balaban J connectivity index is 1.72. The van der Waals surface area contributed by atoms with Crippen LogP contribution in [0.3, 0.4) is 0 Å². The van der Waals surface area contributed by atoms with Crippen LogP contribution in [0.25, 0.3) is 0 Å². The number of imide groups is 1. The normalized spacial score (nSPS) is 16.4. The molecule has 1 fully saturated rings. The third kappa shape index (κ3) is 4.50. The molecule has 10 heteroatoms. The van der Waals surface area contributed by atoms with Crippen molar-refractivity contribution in [3.63, 3.8) is 0 Å². The minimum absolute atomic E-state index is 0.0603. The Hall–Kier alpha value is -3.40. The summed E-state index contributed by atoms with van der Waals surface area (Å²) in [5.74, 6) is -1.01. The van der Waals surface area contributed by atoms with E-state index < -0.39 is 23.8 Å². The highest BCUT2D eigenvalue weighted by molar-refractivity contribution is 7.15. The maximum Gasteiger partial charge on any atom is 0.307 e. The first-order valence-electron chi connectivity index (χ1n) is 11.0. The van der Waals surface area contributed by atoms with Gasteiger partial charge >= 0.3 is 5.97 Å². The Kier molecular flexibility index (Phi) is 6.87. The summed E-state index contributed by atoms with van der Waals surface area (Å²) in [6, 6.07) is 4.19. The average Bonchev–Trinajstić information content (AvgIpc) is 3.52. The van der Waals surface area contributed by atoms with Crippen LogP contribution in [0.4, 0.5) is 5.00 Å². The lowest BCUT2D eigenvalue weighted by Crippen LogP contribution is -2.36. The molecule has 1 aromatic carbocycles. The van der Waals surface area contributed by atoms with Crippen molar-refractivity contribution >= 4 is 40.0 Å². The van der Waals surface area contributed by atoms with Crippen molar-refractivity contribution < 1.29 is 33.4 Å². The maximum absolute atomic E-state index is 13.4. The first kappa shape index (κ1) is 23.7. The third-order valence-corrected chi connectivity index (χ3v) is 6.93. The monoisotopic (exact) mass is 486 g/mol. The summed E-state index contributed by atoms with van der Waals surface area (Å²) in [6.07, 6.45) is 3.89. The molecule has 4 rings (SSSR count). The molecule has 0 radical (unpaired) electrons. The molecule has 1 aliphatic heterocycles. The maximum atomic E-state index is 13.4. The van der Waals surface area contributed by atoms with Gasteiger partial charge in [-0.2, -0.15) is 0 Å². The van der Waals surface area contributed by atoms with E-state index in [9.17, 15) is 19.2 Å². The molecule has 2 aliphatic rings. The largest absolute Gasteiger partial charge is 0.493 e. The first-order valence-corrected chi connectivity index (χ1v) is 11.9. The fraction of sp³-hybridized carbons (Fsp3) is 0.417. The van der Waals surface area contributed by atoms with Gasteiger partial charge < -0.3 is 19.5 Å². The molecule has 34 heavy (non-hydrogen) atoms. The summed E-state index contributed by atoms with van der Waals surface area (Å²) in [7, 11) is 2.79. The summed E-state index contributed by atoms with van der Waals surface area (Å²) >= 11 is 1.11. The average molecular weight is 487 g/mol. The van der Waals surface area contributed by atoms with E-state index >= 15 is 0 Å². The highest BCUT2D eigenvalue weighted by Crippen LogP contribution is 2.42. The fourth-order valence-electron chi connectivity index (χ4n) is 4.38. The van der Waals surface area contributed by atoms with E-state index in [1.807, 2.05) is 0 Å². The quantitative estimate of drug-likeness (QED) is 0.444. The third-order valence-electron chi connectivity index (χ3n) is 6.03. The zero-order valence-electron chi connectivity index (χ0n) is 19.2. The van der Waals surface area contributed by atoms with Crippen molar-refractivity contribution in [2.75, 3.05) is 19.5 Å². The number of fused-ring (bicyclic) bond motifs is 1. The molecule has 1 unspecified atom stereocenters. The molecule has 1 N–H and O–H groups in total. The van der Waals surface area contributed by atoms with Gasteiger partial charge in [0.05, 0.1) is 43.9 Å². The molecule has 2 heterocycles. The zero-order chi connectivity index (χ0) is 24.4. The van der Waals surface area contributed by atoms with Crippen molar-refractivity contribution in [1.82, 2.24) is 4.90 Å². The number of carbonyl (C=O) groups excluding carboxylic acids is 4.